The molecule has 2 aliphatic rings. The third kappa shape index (κ3) is 6.00. The van der Waals surface area contributed by atoms with Gasteiger partial charge in [-0.2, -0.15) is 0 Å². The molecule has 0 saturated carbocycles. The molecule has 1 amide bonds. The van der Waals surface area contributed by atoms with Crippen LogP contribution in [0.25, 0.3) is 16.5 Å². The van der Waals surface area contributed by atoms with Crippen molar-refractivity contribution in [2.45, 2.75) is 56.0 Å². The van der Waals surface area contributed by atoms with Crippen LogP contribution in [-0.4, -0.2) is 44.1 Å². The quantitative estimate of drug-likeness (QED) is 0.395. The molecule has 188 valence electrons. The average molecular weight is 520 g/mol. The molecule has 3 heterocycles. The van der Waals surface area contributed by atoms with Crippen molar-refractivity contribution >= 4 is 39.1 Å². The molecule has 0 radical (unpaired) electrons. The third-order valence-electron chi connectivity index (χ3n) is 6.40. The first-order valence-electron chi connectivity index (χ1n) is 11.7. The van der Waals surface area contributed by atoms with Crippen LogP contribution in [0.5, 0.6) is 0 Å². The van der Waals surface area contributed by atoms with E-state index in [2.05, 4.69) is 5.48 Å². The number of nitrogens with one attached hydrogen (secondary N) is 1. The van der Waals surface area contributed by atoms with Gasteiger partial charge in [0.1, 0.15) is 4.75 Å². The highest BCUT2D eigenvalue weighted by molar-refractivity contribution is 7.92. The standard InChI is InChI=1S/C25H29NO7S2/c27-22(26-33-24-5-1-3-15-32-24)17-25(14-2-4-16-35(25,30)31)21-12-11-20(34-21)19-9-6-18(7-10-19)8-13-23(28)29/h6-13,24H,1-5,14-17H2,(H,26,27)(H,28,29)/t24?,25-/m0/s1. The van der Waals surface area contributed by atoms with Gasteiger partial charge in [-0.15, -0.1) is 11.3 Å². The van der Waals surface area contributed by atoms with Crippen LogP contribution in [0.4, 0.5) is 0 Å². The van der Waals surface area contributed by atoms with E-state index in [1.54, 1.807) is 18.2 Å². The fraction of sp³-hybridized carbons (Fsp3) is 0.440. The minimum atomic E-state index is -3.57. The molecule has 2 N–H and O–H groups in total. The zero-order valence-electron chi connectivity index (χ0n) is 19.3. The number of benzene rings is 1. The number of hydrogen-bond donors (Lipinski definition) is 2. The van der Waals surface area contributed by atoms with Crippen molar-refractivity contribution in [3.63, 3.8) is 0 Å². The number of rotatable bonds is 8. The van der Waals surface area contributed by atoms with Gasteiger partial charge >= 0.3 is 5.97 Å². The van der Waals surface area contributed by atoms with E-state index >= 15 is 0 Å². The van der Waals surface area contributed by atoms with Crippen LogP contribution in [0, 0.1) is 0 Å². The molecule has 0 aliphatic carbocycles. The molecule has 1 aromatic heterocycles. The second-order valence-corrected chi connectivity index (χ2v) is 12.3. The molecule has 2 aromatic rings. The summed E-state index contributed by atoms with van der Waals surface area (Å²) in [6, 6.07) is 11.0. The number of ether oxygens (including phenoxy) is 1. The number of sulfone groups is 1. The summed E-state index contributed by atoms with van der Waals surface area (Å²) in [6.07, 6.45) is 6.14. The van der Waals surface area contributed by atoms with Crippen molar-refractivity contribution in [2.75, 3.05) is 12.4 Å². The molecule has 0 spiro atoms. The predicted octanol–water partition coefficient (Wildman–Crippen LogP) is 4.27. The SMILES string of the molecule is O=C(O)C=Cc1ccc(-c2ccc([C@@]3(CC(=O)NOC4CCCCO4)CCCCS3(=O)=O)s2)cc1. The topological polar surface area (TPSA) is 119 Å². The Morgan fingerprint density at radius 2 is 1.94 bits per heavy atom. The lowest BCUT2D eigenvalue weighted by molar-refractivity contribution is -0.200. The zero-order valence-corrected chi connectivity index (χ0v) is 20.9. The van der Waals surface area contributed by atoms with Gasteiger partial charge in [-0.3, -0.25) is 4.79 Å². The number of carbonyl (C=O) groups is 2. The van der Waals surface area contributed by atoms with Gasteiger partial charge < -0.3 is 9.84 Å². The summed E-state index contributed by atoms with van der Waals surface area (Å²) in [5.41, 5.74) is 4.06. The predicted molar refractivity (Wildman–Crippen MR) is 133 cm³/mol. The van der Waals surface area contributed by atoms with Gasteiger partial charge in [0.15, 0.2) is 16.1 Å². The molecule has 10 heteroatoms. The van der Waals surface area contributed by atoms with Crippen LogP contribution < -0.4 is 5.48 Å². The first-order valence-corrected chi connectivity index (χ1v) is 14.2. The van der Waals surface area contributed by atoms with Crippen LogP contribution in [0.2, 0.25) is 0 Å². The molecule has 0 bridgehead atoms. The molecule has 2 aliphatic heterocycles. The molecular weight excluding hydrogens is 490 g/mol. The van der Waals surface area contributed by atoms with Crippen molar-refractivity contribution in [1.29, 1.82) is 0 Å². The first kappa shape index (κ1) is 25.6. The van der Waals surface area contributed by atoms with E-state index in [4.69, 9.17) is 14.7 Å². The Balaban J connectivity index is 1.55. The van der Waals surface area contributed by atoms with Gasteiger partial charge in [-0.1, -0.05) is 30.7 Å². The van der Waals surface area contributed by atoms with Gasteiger partial charge in [-0.25, -0.2) is 23.5 Å². The van der Waals surface area contributed by atoms with Gasteiger partial charge in [0, 0.05) is 28.9 Å². The fourth-order valence-corrected chi connectivity index (χ4v) is 8.30. The van der Waals surface area contributed by atoms with Gasteiger partial charge in [0.25, 0.3) is 0 Å². The minimum Gasteiger partial charge on any atom is -0.478 e. The number of carboxylic acids is 1. The molecular formula is C25H29NO7S2. The molecule has 2 atom stereocenters. The largest absolute Gasteiger partial charge is 0.478 e. The Morgan fingerprint density at radius 3 is 2.63 bits per heavy atom. The van der Waals surface area contributed by atoms with Crippen LogP contribution in [-0.2, 0) is 33.7 Å². The number of carbonyl (C=O) groups excluding carboxylic acids is 1. The van der Waals surface area contributed by atoms with Gasteiger partial charge in [0.05, 0.1) is 12.2 Å². The van der Waals surface area contributed by atoms with E-state index in [1.807, 2.05) is 18.2 Å². The molecule has 1 unspecified atom stereocenters. The highest BCUT2D eigenvalue weighted by Crippen LogP contribution is 2.47. The number of hydrogen-bond acceptors (Lipinski definition) is 7. The fourth-order valence-electron chi connectivity index (χ4n) is 4.51. The smallest absolute Gasteiger partial charge is 0.328 e. The van der Waals surface area contributed by atoms with Crippen molar-refractivity contribution in [2.24, 2.45) is 0 Å². The van der Waals surface area contributed by atoms with Crippen LogP contribution in [0.1, 0.15) is 55.4 Å². The van der Waals surface area contributed by atoms with Gasteiger partial charge in [0.2, 0.25) is 5.91 Å². The molecule has 4 rings (SSSR count). The monoisotopic (exact) mass is 519 g/mol. The maximum absolute atomic E-state index is 13.4. The van der Waals surface area contributed by atoms with E-state index in [9.17, 15) is 18.0 Å². The maximum Gasteiger partial charge on any atom is 0.328 e. The average Bonchev–Trinajstić information content (AvgIpc) is 3.34. The number of thiophene rings is 1. The summed E-state index contributed by atoms with van der Waals surface area (Å²) >= 11 is 1.37. The number of amides is 1. The van der Waals surface area contributed by atoms with E-state index in [1.165, 1.54) is 17.4 Å². The number of aliphatic carboxylic acids is 1. The lowest BCUT2D eigenvalue weighted by atomic mass is 9.94. The van der Waals surface area contributed by atoms with Crippen LogP contribution >= 0.6 is 11.3 Å². The van der Waals surface area contributed by atoms with Crippen LogP contribution in [0.15, 0.2) is 42.5 Å². The van der Waals surface area contributed by atoms with Crippen molar-refractivity contribution < 1.29 is 32.7 Å². The molecule has 2 saturated heterocycles. The Hall–Kier alpha value is -2.53. The summed E-state index contributed by atoms with van der Waals surface area (Å²) < 4.78 is 30.9. The lowest BCUT2D eigenvalue weighted by Crippen LogP contribution is -2.45. The third-order valence-corrected chi connectivity index (χ3v) is 10.4. The second-order valence-electron chi connectivity index (χ2n) is 8.84. The lowest BCUT2D eigenvalue weighted by Gasteiger charge is -2.35. The molecule has 8 nitrogen and oxygen atoms in total. The van der Waals surface area contributed by atoms with Gasteiger partial charge in [-0.05, 0) is 55.0 Å². The van der Waals surface area contributed by atoms with Crippen molar-refractivity contribution in [1.82, 2.24) is 5.48 Å². The van der Waals surface area contributed by atoms with Crippen molar-refractivity contribution in [3.8, 4) is 10.4 Å². The Morgan fingerprint density at radius 1 is 1.14 bits per heavy atom. The Bertz CT molecular complexity index is 1180. The summed E-state index contributed by atoms with van der Waals surface area (Å²) in [5, 5.41) is 8.79. The van der Waals surface area contributed by atoms with E-state index < -0.39 is 32.8 Å². The number of hydroxylamine groups is 1. The summed E-state index contributed by atoms with van der Waals surface area (Å²) in [4.78, 5) is 30.5. The molecule has 35 heavy (non-hydrogen) atoms. The molecule has 2 fully saturated rings. The normalized spacial score (nSPS) is 24.3. The van der Waals surface area contributed by atoms with Crippen molar-refractivity contribution in [3.05, 3.63) is 52.9 Å². The maximum atomic E-state index is 13.4. The highest BCUT2D eigenvalue weighted by atomic mass is 32.2. The van der Waals surface area contributed by atoms with E-state index in [-0.39, 0.29) is 12.2 Å². The second kappa shape index (κ2) is 11.0. The number of carboxylic acid groups (broad SMARTS) is 1. The summed E-state index contributed by atoms with van der Waals surface area (Å²) in [7, 11) is -3.57. The Labute approximate surface area is 208 Å². The minimum absolute atomic E-state index is 0.0463. The highest BCUT2D eigenvalue weighted by Gasteiger charge is 2.49. The van der Waals surface area contributed by atoms with E-state index in [0.29, 0.717) is 30.7 Å². The van der Waals surface area contributed by atoms with E-state index in [0.717, 1.165) is 41.3 Å². The zero-order chi connectivity index (χ0) is 24.9. The Kier molecular flexibility index (Phi) is 8.05. The summed E-state index contributed by atoms with van der Waals surface area (Å²) in [5.74, 6) is -1.45. The first-order chi connectivity index (χ1) is 16.8. The van der Waals surface area contributed by atoms with Crippen LogP contribution in [0.3, 0.4) is 0 Å². The summed E-state index contributed by atoms with van der Waals surface area (Å²) in [6.45, 7) is 0.577. The molecule has 1 aromatic carbocycles.